The van der Waals surface area contributed by atoms with Crippen molar-refractivity contribution in [3.05, 3.63) is 95.3 Å². The number of aryl methyl sites for hydroxylation is 1. The van der Waals surface area contributed by atoms with Crippen LogP contribution < -0.4 is 15.1 Å². The summed E-state index contributed by atoms with van der Waals surface area (Å²) in [7, 11) is 1.46. The Morgan fingerprint density at radius 3 is 2.29 bits per heavy atom. The largest absolute Gasteiger partial charge is 0.495 e. The van der Waals surface area contributed by atoms with E-state index < -0.39 is 41.5 Å². The van der Waals surface area contributed by atoms with Gasteiger partial charge >= 0.3 is 0 Å². The molecular formula is C26H22FN3O4. The summed E-state index contributed by atoms with van der Waals surface area (Å²) in [5.41, 5.74) is 5.35. The molecular weight excluding hydrogens is 437 g/mol. The van der Waals surface area contributed by atoms with E-state index in [9.17, 15) is 18.8 Å². The molecule has 0 saturated carbocycles. The Labute approximate surface area is 195 Å². The number of fused-ring (bicyclic) bond motifs is 1. The first-order chi connectivity index (χ1) is 16.4. The van der Waals surface area contributed by atoms with Crippen LogP contribution >= 0.6 is 0 Å². The summed E-state index contributed by atoms with van der Waals surface area (Å²) in [6.45, 7) is 1.91. The molecule has 7 nitrogen and oxygen atoms in total. The van der Waals surface area contributed by atoms with Gasteiger partial charge in [0.1, 0.15) is 17.6 Å². The highest BCUT2D eigenvalue weighted by Gasteiger charge is 2.60. The Kier molecular flexibility index (Phi) is 5.37. The molecule has 3 atom stereocenters. The number of ether oxygens (including phenoxy) is 1. The van der Waals surface area contributed by atoms with Crippen LogP contribution in [0.2, 0.25) is 0 Å². The predicted octanol–water partition coefficient (Wildman–Crippen LogP) is 3.40. The monoisotopic (exact) mass is 459 g/mol. The summed E-state index contributed by atoms with van der Waals surface area (Å²) in [6, 6.07) is 17.6. The Balaban J connectivity index is 1.59. The van der Waals surface area contributed by atoms with E-state index in [2.05, 4.69) is 5.43 Å². The van der Waals surface area contributed by atoms with Gasteiger partial charge in [0.2, 0.25) is 5.91 Å². The molecule has 1 N–H and O–H groups in total. The van der Waals surface area contributed by atoms with Gasteiger partial charge in [0.15, 0.2) is 0 Å². The third kappa shape index (κ3) is 3.43. The summed E-state index contributed by atoms with van der Waals surface area (Å²) in [5.74, 6) is -2.36. The molecule has 0 radical (unpaired) electrons. The third-order valence-corrected chi connectivity index (χ3v) is 6.31. The second-order valence-electron chi connectivity index (χ2n) is 8.35. The molecule has 2 fully saturated rings. The molecule has 3 aromatic carbocycles. The number of hydrazine groups is 1. The van der Waals surface area contributed by atoms with E-state index >= 15 is 0 Å². The van der Waals surface area contributed by atoms with E-state index in [4.69, 9.17) is 4.74 Å². The minimum atomic E-state index is -1.07. The highest BCUT2D eigenvalue weighted by atomic mass is 19.1. The molecule has 0 spiro atoms. The minimum absolute atomic E-state index is 0.315. The molecule has 2 aliphatic heterocycles. The van der Waals surface area contributed by atoms with Crippen molar-refractivity contribution >= 4 is 23.4 Å². The average Bonchev–Trinajstić information content (AvgIpc) is 3.36. The van der Waals surface area contributed by atoms with Crippen molar-refractivity contribution < 1.29 is 23.5 Å². The maximum absolute atomic E-state index is 13.7. The molecule has 3 amide bonds. The number of benzene rings is 3. The summed E-state index contributed by atoms with van der Waals surface area (Å²) < 4.78 is 18.9. The lowest BCUT2D eigenvalue weighted by Crippen LogP contribution is -2.48. The van der Waals surface area contributed by atoms with Crippen molar-refractivity contribution in [3.63, 3.8) is 0 Å². The van der Waals surface area contributed by atoms with Crippen molar-refractivity contribution in [1.29, 1.82) is 0 Å². The zero-order valence-corrected chi connectivity index (χ0v) is 18.6. The van der Waals surface area contributed by atoms with Crippen LogP contribution in [0.25, 0.3) is 0 Å². The van der Waals surface area contributed by atoms with Crippen LogP contribution in [0.15, 0.2) is 72.8 Å². The first-order valence-corrected chi connectivity index (χ1v) is 10.8. The normalized spacial score (nSPS) is 21.7. The van der Waals surface area contributed by atoms with Crippen molar-refractivity contribution in [2.75, 3.05) is 12.0 Å². The lowest BCUT2D eigenvalue weighted by atomic mass is 9.91. The predicted molar refractivity (Wildman–Crippen MR) is 122 cm³/mol. The van der Waals surface area contributed by atoms with Crippen molar-refractivity contribution in [3.8, 4) is 5.75 Å². The van der Waals surface area contributed by atoms with Gasteiger partial charge in [-0.25, -0.2) is 14.7 Å². The van der Waals surface area contributed by atoms with Crippen molar-refractivity contribution in [2.45, 2.75) is 19.0 Å². The summed E-state index contributed by atoms with van der Waals surface area (Å²) >= 11 is 0. The van der Waals surface area contributed by atoms with Gasteiger partial charge in [0, 0.05) is 5.56 Å². The van der Waals surface area contributed by atoms with E-state index in [1.807, 2.05) is 6.92 Å². The number of carbonyl (C=O) groups is 3. The quantitative estimate of drug-likeness (QED) is 0.605. The maximum Gasteiger partial charge on any atom is 0.268 e. The SMILES string of the molecule is COc1ccccc1N1C(=O)[C@@H]2[C@@H](c3ccc(F)cc3)NN(C(=O)c3ccc(C)cc3)[C@H]2C1=O. The van der Waals surface area contributed by atoms with Crippen LogP contribution in [0, 0.1) is 18.7 Å². The molecule has 0 unspecified atom stereocenters. The number of methoxy groups -OCH3 is 1. The average molecular weight is 459 g/mol. The van der Waals surface area contributed by atoms with E-state index in [0.29, 0.717) is 22.6 Å². The first kappa shape index (κ1) is 21.8. The van der Waals surface area contributed by atoms with Crippen LogP contribution in [-0.4, -0.2) is 35.9 Å². The number of amides is 3. The zero-order valence-electron chi connectivity index (χ0n) is 18.6. The van der Waals surface area contributed by atoms with E-state index in [1.165, 1.54) is 24.3 Å². The fourth-order valence-corrected chi connectivity index (χ4v) is 4.61. The van der Waals surface area contributed by atoms with Crippen LogP contribution in [0.3, 0.4) is 0 Å². The minimum Gasteiger partial charge on any atom is -0.495 e. The number of nitrogens with one attached hydrogen (secondary N) is 1. The highest BCUT2D eigenvalue weighted by molar-refractivity contribution is 6.25. The number of halogens is 1. The van der Waals surface area contributed by atoms with Crippen LogP contribution in [0.1, 0.15) is 27.5 Å². The second-order valence-corrected chi connectivity index (χ2v) is 8.35. The Bertz CT molecular complexity index is 1280. The van der Waals surface area contributed by atoms with Gasteiger partial charge in [0.05, 0.1) is 24.8 Å². The van der Waals surface area contributed by atoms with Gasteiger partial charge in [0.25, 0.3) is 11.8 Å². The van der Waals surface area contributed by atoms with E-state index in [0.717, 1.165) is 10.5 Å². The number of hydrogen-bond acceptors (Lipinski definition) is 5. The fraction of sp³-hybridized carbons (Fsp3) is 0.192. The second kappa shape index (κ2) is 8.39. The molecule has 2 saturated heterocycles. The molecule has 3 aromatic rings. The Hall–Kier alpha value is -4.04. The number of anilines is 1. The molecule has 0 aromatic heterocycles. The third-order valence-electron chi connectivity index (χ3n) is 6.31. The molecule has 34 heavy (non-hydrogen) atoms. The van der Waals surface area contributed by atoms with E-state index in [-0.39, 0.29) is 0 Å². The van der Waals surface area contributed by atoms with Crippen LogP contribution in [0.4, 0.5) is 10.1 Å². The fourth-order valence-electron chi connectivity index (χ4n) is 4.61. The van der Waals surface area contributed by atoms with Gasteiger partial charge in [-0.15, -0.1) is 0 Å². The Morgan fingerprint density at radius 1 is 0.941 bits per heavy atom. The first-order valence-electron chi connectivity index (χ1n) is 10.8. The number of rotatable bonds is 4. The number of para-hydroxylation sites is 2. The smallest absolute Gasteiger partial charge is 0.268 e. The number of hydrogen-bond donors (Lipinski definition) is 1. The standard InChI is InChI=1S/C26H22FN3O4/c1-15-7-9-17(10-8-15)24(31)30-23-21(22(28-30)16-11-13-18(27)14-12-16)25(32)29(26(23)33)19-5-3-4-6-20(19)34-2/h3-14,21-23,28H,1-2H3/t21-,22-,23-/m1/s1. The van der Waals surface area contributed by atoms with Crippen LogP contribution in [0.5, 0.6) is 5.75 Å². The molecule has 8 heteroatoms. The van der Waals surface area contributed by atoms with Crippen molar-refractivity contribution in [2.24, 2.45) is 5.92 Å². The van der Waals surface area contributed by atoms with Crippen molar-refractivity contribution in [1.82, 2.24) is 10.4 Å². The zero-order chi connectivity index (χ0) is 24.0. The molecule has 172 valence electrons. The van der Waals surface area contributed by atoms with Gasteiger partial charge in [-0.05, 0) is 48.9 Å². The molecule has 0 bridgehead atoms. The Morgan fingerprint density at radius 2 is 1.62 bits per heavy atom. The van der Waals surface area contributed by atoms with Gasteiger partial charge in [-0.3, -0.25) is 19.4 Å². The van der Waals surface area contributed by atoms with Crippen LogP contribution in [-0.2, 0) is 9.59 Å². The van der Waals surface area contributed by atoms with Gasteiger partial charge in [-0.1, -0.05) is 42.0 Å². The number of carbonyl (C=O) groups excluding carboxylic acids is 3. The highest BCUT2D eigenvalue weighted by Crippen LogP contribution is 2.44. The lowest BCUT2D eigenvalue weighted by Gasteiger charge is -2.25. The van der Waals surface area contributed by atoms with E-state index in [1.54, 1.807) is 60.7 Å². The molecule has 2 heterocycles. The molecule has 0 aliphatic carbocycles. The lowest BCUT2D eigenvalue weighted by molar-refractivity contribution is -0.123. The maximum atomic E-state index is 13.7. The topological polar surface area (TPSA) is 79.0 Å². The van der Waals surface area contributed by atoms with Gasteiger partial charge < -0.3 is 4.74 Å². The summed E-state index contributed by atoms with van der Waals surface area (Å²) in [4.78, 5) is 41.8. The molecule has 5 rings (SSSR count). The summed E-state index contributed by atoms with van der Waals surface area (Å²) in [5, 5.41) is 1.24. The van der Waals surface area contributed by atoms with Gasteiger partial charge in [-0.2, -0.15) is 0 Å². The summed E-state index contributed by atoms with van der Waals surface area (Å²) in [6.07, 6.45) is 0. The number of imide groups is 1. The molecule has 2 aliphatic rings. The number of nitrogens with zero attached hydrogens (tertiary/aromatic N) is 2.